The zero-order chi connectivity index (χ0) is 21.7. The Bertz CT molecular complexity index is 1100. The second-order valence-electron chi connectivity index (χ2n) is 6.19. The summed E-state index contributed by atoms with van der Waals surface area (Å²) in [7, 11) is 2.52. The van der Waals surface area contributed by atoms with Crippen LogP contribution in [0.1, 0.15) is 21.6 Å². The minimum atomic E-state index is -0.573. The first-order valence-electron chi connectivity index (χ1n) is 8.86. The van der Waals surface area contributed by atoms with Gasteiger partial charge in [0.1, 0.15) is 11.3 Å². The molecule has 0 aliphatic carbocycles. The molecule has 0 aliphatic rings. The van der Waals surface area contributed by atoms with E-state index in [0.717, 1.165) is 5.56 Å². The summed E-state index contributed by atoms with van der Waals surface area (Å²) < 4.78 is 14.8. The second-order valence-corrected chi connectivity index (χ2v) is 6.19. The first-order chi connectivity index (χ1) is 14.4. The number of anilines is 2. The largest absolute Gasteiger partial charge is 0.481 e. The van der Waals surface area contributed by atoms with Gasteiger partial charge in [0.15, 0.2) is 23.6 Å². The number of nitrogens with zero attached hydrogens (tertiary/aromatic N) is 4. The van der Waals surface area contributed by atoms with Crippen molar-refractivity contribution in [2.24, 2.45) is 0 Å². The summed E-state index contributed by atoms with van der Waals surface area (Å²) in [6.45, 7) is -0.331. The van der Waals surface area contributed by atoms with Crippen molar-refractivity contribution in [1.29, 1.82) is 0 Å². The number of nitrogen functional groups attached to an aromatic ring is 2. The summed E-state index contributed by atoms with van der Waals surface area (Å²) in [5.74, 6) is -0.720. The predicted molar refractivity (Wildman–Crippen MR) is 107 cm³/mol. The molecule has 2 heterocycles. The lowest BCUT2D eigenvalue weighted by atomic mass is 10.0. The first-order valence-corrected chi connectivity index (χ1v) is 8.86. The molecule has 11 heteroatoms. The third kappa shape index (κ3) is 4.69. The lowest BCUT2D eigenvalue weighted by molar-refractivity contribution is -0.142. The molecule has 0 spiro atoms. The number of hydrogen-bond donors (Lipinski definition) is 2. The lowest BCUT2D eigenvalue weighted by Gasteiger charge is -2.11. The van der Waals surface area contributed by atoms with Crippen LogP contribution in [0.25, 0.3) is 11.2 Å². The van der Waals surface area contributed by atoms with Crippen LogP contribution in [0.2, 0.25) is 0 Å². The van der Waals surface area contributed by atoms with Gasteiger partial charge in [0.25, 0.3) is 0 Å². The molecule has 1 aromatic carbocycles. The molecule has 11 nitrogen and oxygen atoms in total. The third-order valence-corrected chi connectivity index (χ3v) is 4.20. The number of esters is 2. The molecule has 0 aliphatic heterocycles. The zero-order valence-corrected chi connectivity index (χ0v) is 16.4. The highest BCUT2D eigenvalue weighted by Crippen LogP contribution is 2.23. The highest BCUT2D eigenvalue weighted by atomic mass is 16.6. The van der Waals surface area contributed by atoms with Gasteiger partial charge >= 0.3 is 11.9 Å². The lowest BCUT2D eigenvalue weighted by Crippen LogP contribution is -2.15. The van der Waals surface area contributed by atoms with Gasteiger partial charge in [-0.15, -0.1) is 0 Å². The zero-order valence-electron chi connectivity index (χ0n) is 16.4. The first kappa shape index (κ1) is 20.7. The molecular weight excluding hydrogens is 392 g/mol. The predicted octanol–water partition coefficient (Wildman–Crippen LogP) is 0.708. The number of aryl methyl sites for hydroxylation is 2. The molecule has 0 fully saturated rings. The molecule has 0 atom stereocenters. The van der Waals surface area contributed by atoms with E-state index in [1.807, 2.05) is 0 Å². The van der Waals surface area contributed by atoms with Crippen LogP contribution in [0, 0.1) is 0 Å². The Morgan fingerprint density at radius 3 is 2.57 bits per heavy atom. The third-order valence-electron chi connectivity index (χ3n) is 4.20. The van der Waals surface area contributed by atoms with Gasteiger partial charge in [-0.2, -0.15) is 9.97 Å². The van der Waals surface area contributed by atoms with Gasteiger partial charge in [0, 0.05) is 0 Å². The number of benzene rings is 1. The van der Waals surface area contributed by atoms with Gasteiger partial charge in [-0.1, -0.05) is 6.07 Å². The smallest absolute Gasteiger partial charge is 0.343 e. The maximum atomic E-state index is 12.0. The summed E-state index contributed by atoms with van der Waals surface area (Å²) in [5, 5.41) is 0. The highest BCUT2D eigenvalue weighted by Gasteiger charge is 2.16. The number of nitrogens with two attached hydrogens (primary N) is 2. The van der Waals surface area contributed by atoms with Crippen LogP contribution in [-0.2, 0) is 27.1 Å². The summed E-state index contributed by atoms with van der Waals surface area (Å²) in [5.41, 5.74) is 13.9. The van der Waals surface area contributed by atoms with Crippen LogP contribution in [0.5, 0.6) is 5.75 Å². The molecule has 0 saturated carbocycles. The summed E-state index contributed by atoms with van der Waals surface area (Å²) in [6.07, 6.45) is 2.68. The van der Waals surface area contributed by atoms with E-state index in [2.05, 4.69) is 24.7 Å². The van der Waals surface area contributed by atoms with Crippen LogP contribution < -0.4 is 16.2 Å². The Hall–Kier alpha value is -4.02. The molecule has 3 rings (SSSR count). The molecule has 2 aromatic heterocycles. The van der Waals surface area contributed by atoms with Gasteiger partial charge in [-0.3, -0.25) is 0 Å². The normalized spacial score (nSPS) is 10.6. The van der Waals surface area contributed by atoms with Crippen LogP contribution in [0.3, 0.4) is 0 Å². The van der Waals surface area contributed by atoms with E-state index >= 15 is 0 Å². The molecule has 30 heavy (non-hydrogen) atoms. The Labute approximate surface area is 171 Å². The Morgan fingerprint density at radius 1 is 1.03 bits per heavy atom. The molecule has 0 radical (unpaired) electrons. The molecule has 0 saturated heterocycles. The quantitative estimate of drug-likeness (QED) is 0.525. The molecule has 156 valence electrons. The maximum Gasteiger partial charge on any atom is 0.343 e. The van der Waals surface area contributed by atoms with Crippen molar-refractivity contribution in [3.8, 4) is 5.75 Å². The minimum absolute atomic E-state index is 0.0345. The van der Waals surface area contributed by atoms with Gasteiger partial charge in [0.05, 0.1) is 26.1 Å². The summed E-state index contributed by atoms with van der Waals surface area (Å²) in [6, 6.07) is 5.01. The van der Waals surface area contributed by atoms with Crippen molar-refractivity contribution < 1.29 is 23.8 Å². The Morgan fingerprint density at radius 2 is 1.83 bits per heavy atom. The van der Waals surface area contributed by atoms with E-state index in [9.17, 15) is 9.59 Å². The number of carbonyl (C=O) groups excluding carboxylic acids is 2. The van der Waals surface area contributed by atoms with Crippen LogP contribution in [0.15, 0.2) is 24.4 Å². The number of aromatic nitrogens is 4. The highest BCUT2D eigenvalue weighted by molar-refractivity contribution is 5.92. The minimum Gasteiger partial charge on any atom is -0.481 e. The van der Waals surface area contributed by atoms with Gasteiger partial charge < -0.3 is 25.7 Å². The number of ether oxygens (including phenoxy) is 3. The standard InChI is InChI=1S/C19H20N6O5/c1-28-14(26)9-30-13-7-10(4-6-12(13)18(27)29-2)3-5-11-8-22-17-15(23-11)16(20)24-19(21)25-17/h4,6-8H,3,5,9H2,1-2H3,(H4,20,21,22,24,25). The molecule has 3 aromatic rings. The Balaban J connectivity index is 1.79. The fourth-order valence-electron chi connectivity index (χ4n) is 2.69. The van der Waals surface area contributed by atoms with Crippen LogP contribution in [0.4, 0.5) is 11.8 Å². The SMILES string of the molecule is COC(=O)COc1cc(CCc2cnc3nc(N)nc(N)c3n2)ccc1C(=O)OC. The molecule has 4 N–H and O–H groups in total. The molecule has 0 unspecified atom stereocenters. The van der Waals surface area contributed by atoms with E-state index in [4.69, 9.17) is 20.9 Å². The molecule has 0 bridgehead atoms. The van der Waals surface area contributed by atoms with E-state index < -0.39 is 11.9 Å². The maximum absolute atomic E-state index is 12.0. The number of methoxy groups -OCH3 is 2. The monoisotopic (exact) mass is 412 g/mol. The van der Waals surface area contributed by atoms with E-state index in [1.165, 1.54) is 14.2 Å². The van der Waals surface area contributed by atoms with Crippen molar-refractivity contribution in [3.05, 3.63) is 41.2 Å². The fourth-order valence-corrected chi connectivity index (χ4v) is 2.69. The van der Waals surface area contributed by atoms with Crippen molar-refractivity contribution in [3.63, 3.8) is 0 Å². The van der Waals surface area contributed by atoms with E-state index in [-0.39, 0.29) is 29.7 Å². The van der Waals surface area contributed by atoms with Crippen LogP contribution in [-0.4, -0.2) is 52.7 Å². The van der Waals surface area contributed by atoms with Gasteiger partial charge in [0.2, 0.25) is 5.95 Å². The topological polar surface area (TPSA) is 165 Å². The molecular formula is C19H20N6O5. The fraction of sp³-hybridized carbons (Fsp3) is 0.263. The van der Waals surface area contributed by atoms with Crippen LogP contribution >= 0.6 is 0 Å². The van der Waals surface area contributed by atoms with Gasteiger partial charge in [-0.05, 0) is 30.5 Å². The number of carbonyl (C=O) groups is 2. The summed E-state index contributed by atoms with van der Waals surface area (Å²) >= 11 is 0. The van der Waals surface area contributed by atoms with Crippen molar-refractivity contribution in [1.82, 2.24) is 19.9 Å². The van der Waals surface area contributed by atoms with Crippen molar-refractivity contribution >= 4 is 34.9 Å². The van der Waals surface area contributed by atoms with Crippen molar-refractivity contribution in [2.75, 3.05) is 32.3 Å². The number of fused-ring (bicyclic) bond motifs is 1. The second kappa shape index (κ2) is 8.99. The van der Waals surface area contributed by atoms with Crippen molar-refractivity contribution in [2.45, 2.75) is 12.8 Å². The Kier molecular flexibility index (Phi) is 6.20. The van der Waals surface area contributed by atoms with E-state index in [0.29, 0.717) is 29.7 Å². The number of rotatable bonds is 7. The average Bonchev–Trinajstić information content (AvgIpc) is 2.75. The van der Waals surface area contributed by atoms with Gasteiger partial charge in [-0.25, -0.2) is 19.6 Å². The average molecular weight is 412 g/mol. The van der Waals surface area contributed by atoms with E-state index in [1.54, 1.807) is 24.4 Å². The number of hydrogen-bond acceptors (Lipinski definition) is 11. The molecule has 0 amide bonds. The summed E-state index contributed by atoms with van der Waals surface area (Å²) in [4.78, 5) is 39.9.